The fourth-order valence-electron chi connectivity index (χ4n) is 2.82. The van der Waals surface area contributed by atoms with Crippen molar-refractivity contribution in [3.63, 3.8) is 0 Å². The van der Waals surface area contributed by atoms with Crippen LogP contribution in [0.3, 0.4) is 0 Å². The number of hydrogen-bond acceptors (Lipinski definition) is 1. The van der Waals surface area contributed by atoms with Gasteiger partial charge in [0.25, 0.3) is 0 Å². The SMILES string of the molecule is Cc1ccc(Cc2ccc3oc4ccccc4c3c2)cc1. The zero-order valence-electron chi connectivity index (χ0n) is 12.0. The Morgan fingerprint density at radius 1 is 0.714 bits per heavy atom. The molecule has 0 aliphatic carbocycles. The molecule has 1 heteroatoms. The average Bonchev–Trinajstić information content (AvgIpc) is 2.88. The van der Waals surface area contributed by atoms with Crippen LogP contribution < -0.4 is 0 Å². The lowest BCUT2D eigenvalue weighted by atomic mass is 10.0. The lowest BCUT2D eigenvalue weighted by Gasteiger charge is -2.03. The Morgan fingerprint density at radius 2 is 1.43 bits per heavy atom. The molecule has 1 nitrogen and oxygen atoms in total. The van der Waals surface area contributed by atoms with E-state index in [1.165, 1.54) is 27.5 Å². The molecular weight excluding hydrogens is 256 g/mol. The Morgan fingerprint density at radius 3 is 2.29 bits per heavy atom. The van der Waals surface area contributed by atoms with E-state index in [0.717, 1.165) is 17.6 Å². The Labute approximate surface area is 123 Å². The van der Waals surface area contributed by atoms with Gasteiger partial charge in [0.2, 0.25) is 0 Å². The molecule has 0 fully saturated rings. The minimum Gasteiger partial charge on any atom is -0.456 e. The number of furan rings is 1. The molecule has 0 radical (unpaired) electrons. The largest absolute Gasteiger partial charge is 0.456 e. The minimum absolute atomic E-state index is 0.954. The normalized spacial score (nSPS) is 11.3. The summed E-state index contributed by atoms with van der Waals surface area (Å²) in [5.41, 5.74) is 5.88. The van der Waals surface area contributed by atoms with Crippen LogP contribution >= 0.6 is 0 Å². The molecule has 1 heterocycles. The monoisotopic (exact) mass is 272 g/mol. The molecule has 0 spiro atoms. The summed E-state index contributed by atoms with van der Waals surface area (Å²) in [6.45, 7) is 2.12. The van der Waals surface area contributed by atoms with Gasteiger partial charge in [-0.05, 0) is 42.7 Å². The van der Waals surface area contributed by atoms with Gasteiger partial charge in [-0.3, -0.25) is 0 Å². The van der Waals surface area contributed by atoms with Gasteiger partial charge < -0.3 is 4.42 Å². The number of hydrogen-bond donors (Lipinski definition) is 0. The van der Waals surface area contributed by atoms with Gasteiger partial charge in [-0.15, -0.1) is 0 Å². The summed E-state index contributed by atoms with van der Waals surface area (Å²) in [5.74, 6) is 0. The van der Waals surface area contributed by atoms with Crippen molar-refractivity contribution in [1.82, 2.24) is 0 Å². The van der Waals surface area contributed by atoms with Crippen molar-refractivity contribution >= 4 is 21.9 Å². The molecule has 0 aliphatic heterocycles. The first-order chi connectivity index (χ1) is 10.3. The van der Waals surface area contributed by atoms with Crippen molar-refractivity contribution in [1.29, 1.82) is 0 Å². The maximum atomic E-state index is 5.87. The van der Waals surface area contributed by atoms with Gasteiger partial charge >= 0.3 is 0 Å². The van der Waals surface area contributed by atoms with Gasteiger partial charge in [-0.25, -0.2) is 0 Å². The van der Waals surface area contributed by atoms with E-state index in [1.54, 1.807) is 0 Å². The molecule has 0 aliphatic rings. The van der Waals surface area contributed by atoms with E-state index in [2.05, 4.69) is 61.5 Å². The van der Waals surface area contributed by atoms with Crippen molar-refractivity contribution in [3.05, 3.63) is 83.4 Å². The molecule has 3 aromatic carbocycles. The van der Waals surface area contributed by atoms with E-state index in [1.807, 2.05) is 12.1 Å². The highest BCUT2D eigenvalue weighted by atomic mass is 16.3. The molecule has 0 saturated heterocycles. The van der Waals surface area contributed by atoms with Crippen molar-refractivity contribution in [2.45, 2.75) is 13.3 Å². The van der Waals surface area contributed by atoms with Crippen LogP contribution in [0.5, 0.6) is 0 Å². The standard InChI is InChI=1S/C20H16O/c1-14-6-8-15(9-7-14)12-16-10-11-20-18(13-16)17-4-2-3-5-19(17)21-20/h2-11,13H,12H2,1H3. The third-order valence-electron chi connectivity index (χ3n) is 3.97. The predicted molar refractivity (Wildman–Crippen MR) is 87.7 cm³/mol. The van der Waals surface area contributed by atoms with Crippen LogP contribution in [0.25, 0.3) is 21.9 Å². The maximum Gasteiger partial charge on any atom is 0.135 e. The van der Waals surface area contributed by atoms with Crippen LogP contribution in [-0.4, -0.2) is 0 Å². The summed E-state index contributed by atoms with van der Waals surface area (Å²) in [6, 6.07) is 23.4. The van der Waals surface area contributed by atoms with Gasteiger partial charge in [0.05, 0.1) is 0 Å². The minimum atomic E-state index is 0.954. The lowest BCUT2D eigenvalue weighted by molar-refractivity contribution is 0.669. The van der Waals surface area contributed by atoms with Gasteiger partial charge in [-0.1, -0.05) is 54.1 Å². The van der Waals surface area contributed by atoms with E-state index < -0.39 is 0 Å². The number of rotatable bonds is 2. The van der Waals surface area contributed by atoms with Crippen molar-refractivity contribution in [3.8, 4) is 0 Å². The van der Waals surface area contributed by atoms with E-state index in [0.29, 0.717) is 0 Å². The van der Waals surface area contributed by atoms with Gasteiger partial charge in [0.1, 0.15) is 11.2 Å². The van der Waals surface area contributed by atoms with Gasteiger partial charge in [-0.2, -0.15) is 0 Å². The first-order valence-electron chi connectivity index (χ1n) is 7.25. The van der Waals surface area contributed by atoms with Crippen LogP contribution in [0.2, 0.25) is 0 Å². The summed E-state index contributed by atoms with van der Waals surface area (Å²) in [4.78, 5) is 0. The second kappa shape index (κ2) is 4.78. The topological polar surface area (TPSA) is 13.1 Å². The van der Waals surface area contributed by atoms with Crippen LogP contribution in [0, 0.1) is 6.92 Å². The molecular formula is C20H16O. The lowest BCUT2D eigenvalue weighted by Crippen LogP contribution is -1.87. The molecule has 0 amide bonds. The first kappa shape index (κ1) is 12.2. The van der Waals surface area contributed by atoms with Crippen molar-refractivity contribution < 1.29 is 4.42 Å². The molecule has 4 rings (SSSR count). The zero-order chi connectivity index (χ0) is 14.2. The molecule has 4 aromatic rings. The number of para-hydroxylation sites is 1. The molecule has 0 atom stereocenters. The Balaban J connectivity index is 1.79. The maximum absolute atomic E-state index is 5.87. The zero-order valence-corrected chi connectivity index (χ0v) is 12.0. The summed E-state index contributed by atoms with van der Waals surface area (Å²) >= 11 is 0. The summed E-state index contributed by atoms with van der Waals surface area (Å²) in [5, 5.41) is 2.40. The molecule has 1 aromatic heterocycles. The summed E-state index contributed by atoms with van der Waals surface area (Å²) in [7, 11) is 0. The summed E-state index contributed by atoms with van der Waals surface area (Å²) < 4.78 is 5.87. The second-order valence-corrected chi connectivity index (χ2v) is 5.59. The number of aryl methyl sites for hydroxylation is 1. The highest BCUT2D eigenvalue weighted by molar-refractivity contribution is 6.04. The van der Waals surface area contributed by atoms with Crippen molar-refractivity contribution in [2.75, 3.05) is 0 Å². The Kier molecular flexibility index (Phi) is 2.78. The van der Waals surface area contributed by atoms with Crippen LogP contribution in [0.15, 0.2) is 71.1 Å². The predicted octanol–water partition coefficient (Wildman–Crippen LogP) is 5.49. The van der Waals surface area contributed by atoms with Crippen LogP contribution in [0.4, 0.5) is 0 Å². The molecule has 0 bridgehead atoms. The van der Waals surface area contributed by atoms with E-state index >= 15 is 0 Å². The molecule has 0 N–H and O–H groups in total. The molecule has 21 heavy (non-hydrogen) atoms. The Hall–Kier alpha value is -2.54. The van der Waals surface area contributed by atoms with Crippen LogP contribution in [0.1, 0.15) is 16.7 Å². The van der Waals surface area contributed by atoms with Crippen molar-refractivity contribution in [2.24, 2.45) is 0 Å². The quantitative estimate of drug-likeness (QED) is 0.470. The highest BCUT2D eigenvalue weighted by Crippen LogP contribution is 2.29. The Bertz CT molecular complexity index is 914. The second-order valence-electron chi connectivity index (χ2n) is 5.59. The van der Waals surface area contributed by atoms with Gasteiger partial charge in [0, 0.05) is 10.8 Å². The third-order valence-corrected chi connectivity index (χ3v) is 3.97. The highest BCUT2D eigenvalue weighted by Gasteiger charge is 2.07. The number of fused-ring (bicyclic) bond motifs is 3. The van der Waals surface area contributed by atoms with E-state index in [-0.39, 0.29) is 0 Å². The van der Waals surface area contributed by atoms with Crippen LogP contribution in [-0.2, 0) is 6.42 Å². The molecule has 0 saturated carbocycles. The van der Waals surface area contributed by atoms with Gasteiger partial charge in [0.15, 0.2) is 0 Å². The van der Waals surface area contributed by atoms with E-state index in [4.69, 9.17) is 4.42 Å². The number of benzene rings is 3. The summed E-state index contributed by atoms with van der Waals surface area (Å²) in [6.07, 6.45) is 0.954. The first-order valence-corrected chi connectivity index (χ1v) is 7.25. The fourth-order valence-corrected chi connectivity index (χ4v) is 2.82. The molecule has 102 valence electrons. The third kappa shape index (κ3) is 2.21. The van der Waals surface area contributed by atoms with E-state index in [9.17, 15) is 0 Å². The smallest absolute Gasteiger partial charge is 0.135 e. The average molecular weight is 272 g/mol. The molecule has 0 unspecified atom stereocenters. The fraction of sp³-hybridized carbons (Fsp3) is 0.100.